The molecule has 0 aromatic carbocycles. The topological polar surface area (TPSA) is 52.5 Å². The molecule has 0 aliphatic heterocycles. The minimum absolute atomic E-state index is 0.288. The Bertz CT molecular complexity index is 103. The van der Waals surface area contributed by atoms with Gasteiger partial charge in [0.2, 0.25) is 0 Å². The Morgan fingerprint density at radius 3 is 2.43 bits per heavy atom. The van der Waals surface area contributed by atoms with E-state index in [0.29, 0.717) is 12.5 Å². The van der Waals surface area contributed by atoms with Crippen molar-refractivity contribution in [3.05, 3.63) is 0 Å². The molecule has 3 nitrogen and oxygen atoms in total. The van der Waals surface area contributed by atoms with Crippen LogP contribution in [0.25, 0.3) is 0 Å². The Morgan fingerprint density at radius 1 is 1.07 bits per heavy atom. The van der Waals surface area contributed by atoms with Crippen LogP contribution in [0.15, 0.2) is 0 Å². The summed E-state index contributed by atoms with van der Waals surface area (Å²) in [4.78, 5) is 0. The Balaban J connectivity index is 3.30. The zero-order valence-electron chi connectivity index (χ0n) is 9.34. The largest absolute Gasteiger partial charge is 0.396 e. The number of nitrogens with one attached hydrogen (secondary N) is 1. The first kappa shape index (κ1) is 13.9. The molecular weight excluding hydrogens is 178 g/mol. The number of aliphatic hydroxyl groups excluding tert-OH is 2. The molecule has 0 spiro atoms. The Hall–Kier alpha value is -0.120. The highest BCUT2D eigenvalue weighted by Crippen LogP contribution is 2.09. The quantitative estimate of drug-likeness (QED) is 0.467. The molecular formula is C11H25NO2. The number of unbranched alkanes of at least 4 members (excludes halogenated alkanes) is 1. The van der Waals surface area contributed by atoms with Crippen molar-refractivity contribution in [1.82, 2.24) is 5.32 Å². The molecule has 1 unspecified atom stereocenters. The third-order valence-electron chi connectivity index (χ3n) is 2.43. The Morgan fingerprint density at radius 2 is 1.86 bits per heavy atom. The predicted octanol–water partition coefficient (Wildman–Crippen LogP) is 1.15. The van der Waals surface area contributed by atoms with Crippen molar-refractivity contribution in [1.29, 1.82) is 0 Å². The molecule has 0 aromatic rings. The number of rotatable bonds is 10. The van der Waals surface area contributed by atoms with Gasteiger partial charge in [-0.05, 0) is 44.7 Å². The first-order valence-electron chi connectivity index (χ1n) is 5.77. The summed E-state index contributed by atoms with van der Waals surface area (Å²) < 4.78 is 0. The molecule has 0 radical (unpaired) electrons. The van der Waals surface area contributed by atoms with E-state index in [1.165, 1.54) is 12.8 Å². The van der Waals surface area contributed by atoms with Crippen LogP contribution in [-0.2, 0) is 0 Å². The minimum Gasteiger partial charge on any atom is -0.396 e. The van der Waals surface area contributed by atoms with Gasteiger partial charge in [0.25, 0.3) is 0 Å². The van der Waals surface area contributed by atoms with Crippen LogP contribution < -0.4 is 5.32 Å². The van der Waals surface area contributed by atoms with Gasteiger partial charge in [-0.2, -0.15) is 0 Å². The average Bonchev–Trinajstić information content (AvgIpc) is 2.18. The highest BCUT2D eigenvalue weighted by molar-refractivity contribution is 4.61. The van der Waals surface area contributed by atoms with Crippen molar-refractivity contribution in [2.75, 3.05) is 26.3 Å². The van der Waals surface area contributed by atoms with Crippen LogP contribution in [0.1, 0.15) is 39.0 Å². The van der Waals surface area contributed by atoms with E-state index in [4.69, 9.17) is 10.2 Å². The third-order valence-corrected chi connectivity index (χ3v) is 2.43. The van der Waals surface area contributed by atoms with Crippen LogP contribution in [0.5, 0.6) is 0 Å². The van der Waals surface area contributed by atoms with Crippen molar-refractivity contribution >= 4 is 0 Å². The SMILES string of the molecule is CCCC(CCO)CNCCCCO. The summed E-state index contributed by atoms with van der Waals surface area (Å²) in [6.07, 6.45) is 5.19. The van der Waals surface area contributed by atoms with E-state index in [9.17, 15) is 0 Å². The predicted molar refractivity (Wildman–Crippen MR) is 59.3 cm³/mol. The van der Waals surface area contributed by atoms with E-state index < -0.39 is 0 Å². The maximum atomic E-state index is 8.84. The Kier molecular flexibility index (Phi) is 10.9. The molecule has 14 heavy (non-hydrogen) atoms. The average molecular weight is 203 g/mol. The van der Waals surface area contributed by atoms with Crippen molar-refractivity contribution in [3.8, 4) is 0 Å². The molecule has 0 aliphatic carbocycles. The van der Waals surface area contributed by atoms with Gasteiger partial charge in [0, 0.05) is 13.2 Å². The molecule has 0 amide bonds. The number of hydrogen-bond donors (Lipinski definition) is 3. The lowest BCUT2D eigenvalue weighted by atomic mass is 10.0. The van der Waals surface area contributed by atoms with Crippen molar-refractivity contribution in [2.24, 2.45) is 5.92 Å². The summed E-state index contributed by atoms with van der Waals surface area (Å²) in [6, 6.07) is 0. The van der Waals surface area contributed by atoms with Gasteiger partial charge in [-0.1, -0.05) is 13.3 Å². The lowest BCUT2D eigenvalue weighted by Gasteiger charge is -2.15. The fourth-order valence-electron chi connectivity index (χ4n) is 1.61. The van der Waals surface area contributed by atoms with Crippen LogP contribution >= 0.6 is 0 Å². The van der Waals surface area contributed by atoms with E-state index in [2.05, 4.69) is 12.2 Å². The molecule has 1 atom stereocenters. The van der Waals surface area contributed by atoms with Crippen LogP contribution in [0, 0.1) is 5.92 Å². The maximum absolute atomic E-state index is 8.84. The van der Waals surface area contributed by atoms with E-state index in [-0.39, 0.29) is 6.61 Å². The molecule has 0 rings (SSSR count). The first-order chi connectivity index (χ1) is 6.85. The van der Waals surface area contributed by atoms with Gasteiger partial charge in [-0.25, -0.2) is 0 Å². The monoisotopic (exact) mass is 203 g/mol. The van der Waals surface area contributed by atoms with E-state index in [1.54, 1.807) is 0 Å². The summed E-state index contributed by atoms with van der Waals surface area (Å²) in [5, 5.41) is 20.8. The zero-order chi connectivity index (χ0) is 10.6. The van der Waals surface area contributed by atoms with Crippen LogP contribution in [0.3, 0.4) is 0 Å². The van der Waals surface area contributed by atoms with E-state index >= 15 is 0 Å². The van der Waals surface area contributed by atoms with Crippen molar-refractivity contribution in [3.63, 3.8) is 0 Å². The lowest BCUT2D eigenvalue weighted by Crippen LogP contribution is -2.24. The van der Waals surface area contributed by atoms with Gasteiger partial charge >= 0.3 is 0 Å². The molecule has 0 aliphatic rings. The smallest absolute Gasteiger partial charge is 0.0434 e. The van der Waals surface area contributed by atoms with Gasteiger partial charge in [0.15, 0.2) is 0 Å². The fraction of sp³-hybridized carbons (Fsp3) is 1.00. The summed E-state index contributed by atoms with van der Waals surface area (Å²) in [5.74, 6) is 0.610. The molecule has 0 saturated carbocycles. The number of hydrogen-bond acceptors (Lipinski definition) is 3. The highest BCUT2D eigenvalue weighted by atomic mass is 16.3. The molecule has 0 aromatic heterocycles. The van der Waals surface area contributed by atoms with Crippen LogP contribution in [0.4, 0.5) is 0 Å². The summed E-state index contributed by atoms with van der Waals surface area (Å²) in [5.41, 5.74) is 0. The zero-order valence-corrected chi connectivity index (χ0v) is 9.34. The van der Waals surface area contributed by atoms with Gasteiger partial charge in [-0.15, -0.1) is 0 Å². The molecule has 0 saturated heterocycles. The van der Waals surface area contributed by atoms with Gasteiger partial charge in [0.1, 0.15) is 0 Å². The Labute approximate surface area is 87.5 Å². The van der Waals surface area contributed by atoms with Crippen molar-refractivity contribution < 1.29 is 10.2 Å². The fourth-order valence-corrected chi connectivity index (χ4v) is 1.61. The summed E-state index contributed by atoms with van der Waals surface area (Å²) in [6.45, 7) is 4.74. The van der Waals surface area contributed by atoms with E-state index in [1.807, 2.05) is 0 Å². The van der Waals surface area contributed by atoms with Crippen LogP contribution in [-0.4, -0.2) is 36.5 Å². The maximum Gasteiger partial charge on any atom is 0.0434 e. The second kappa shape index (κ2) is 11.0. The normalized spacial score (nSPS) is 13.1. The van der Waals surface area contributed by atoms with E-state index in [0.717, 1.165) is 32.4 Å². The van der Waals surface area contributed by atoms with Crippen LogP contribution in [0.2, 0.25) is 0 Å². The molecule has 86 valence electrons. The minimum atomic E-state index is 0.288. The summed E-state index contributed by atoms with van der Waals surface area (Å²) >= 11 is 0. The molecule has 3 heteroatoms. The number of aliphatic hydroxyl groups is 2. The van der Waals surface area contributed by atoms with Gasteiger partial charge < -0.3 is 15.5 Å². The molecule has 0 heterocycles. The second-order valence-electron chi connectivity index (χ2n) is 3.80. The van der Waals surface area contributed by atoms with Gasteiger partial charge in [0.05, 0.1) is 0 Å². The molecule has 0 bridgehead atoms. The highest BCUT2D eigenvalue weighted by Gasteiger charge is 2.05. The van der Waals surface area contributed by atoms with Crippen molar-refractivity contribution in [2.45, 2.75) is 39.0 Å². The lowest BCUT2D eigenvalue weighted by molar-refractivity contribution is 0.247. The van der Waals surface area contributed by atoms with Gasteiger partial charge in [-0.3, -0.25) is 0 Å². The first-order valence-corrected chi connectivity index (χ1v) is 5.77. The standard InChI is InChI=1S/C11H25NO2/c1-2-5-11(6-9-14)10-12-7-3-4-8-13/h11-14H,2-10H2,1H3. The molecule has 0 fully saturated rings. The molecule has 3 N–H and O–H groups in total. The third kappa shape index (κ3) is 8.48. The summed E-state index contributed by atoms with van der Waals surface area (Å²) in [7, 11) is 0. The second-order valence-corrected chi connectivity index (χ2v) is 3.80.